The van der Waals surface area contributed by atoms with Gasteiger partial charge in [0.1, 0.15) is 0 Å². The minimum Gasteiger partial charge on any atom is -0.367 e. The Morgan fingerprint density at radius 1 is 1.12 bits per heavy atom. The van der Waals surface area contributed by atoms with Crippen LogP contribution in [0.4, 0.5) is 5.69 Å². The molecule has 2 aromatic rings. The molecule has 2 rings (SSSR count). The van der Waals surface area contributed by atoms with Crippen LogP contribution < -0.4 is 5.32 Å². The molecule has 17 heavy (non-hydrogen) atoms. The number of para-hydroxylation sites is 1. The number of hydrogen-bond acceptors (Lipinski definition) is 3. The van der Waals surface area contributed by atoms with Crippen molar-refractivity contribution in [3.63, 3.8) is 0 Å². The van der Waals surface area contributed by atoms with Crippen LogP contribution in [-0.4, -0.2) is 9.79 Å². The number of hydrogen-bond donors (Lipinski definition) is 3. The fourth-order valence-corrected chi connectivity index (χ4v) is 3.45. The van der Waals surface area contributed by atoms with Gasteiger partial charge in [0.15, 0.2) is 5.78 Å². The summed E-state index contributed by atoms with van der Waals surface area (Å²) < 4.78 is 11.5. The first kappa shape index (κ1) is 12.3. The zero-order chi connectivity index (χ0) is 12.3. The molecule has 3 N–H and O–H groups in total. The maximum absolute atomic E-state index is 11.5. The Labute approximate surface area is 103 Å². The zero-order valence-electron chi connectivity index (χ0n) is 8.85. The molecule has 0 bridgehead atoms. The molecule has 90 valence electrons. The van der Waals surface area contributed by atoms with Crippen LogP contribution in [0.2, 0.25) is 0 Å². The Morgan fingerprint density at radius 3 is 2.35 bits per heavy atom. The highest BCUT2D eigenvalue weighted by molar-refractivity contribution is 7.52. The third-order valence-electron chi connectivity index (χ3n) is 2.23. The second kappa shape index (κ2) is 5.02. The molecule has 0 radical (unpaired) electrons. The van der Waals surface area contributed by atoms with Crippen LogP contribution >= 0.6 is 18.9 Å². The number of anilines is 1. The van der Waals surface area contributed by atoms with Gasteiger partial charge in [-0.25, -0.2) is 0 Å². The Morgan fingerprint density at radius 2 is 1.82 bits per heavy atom. The average Bonchev–Trinajstić information content (AvgIpc) is 2.79. The lowest BCUT2D eigenvalue weighted by molar-refractivity contribution is 0.363. The second-order valence-electron chi connectivity index (χ2n) is 3.52. The first-order valence-corrected chi connectivity index (χ1v) is 7.54. The molecule has 0 aliphatic rings. The van der Waals surface area contributed by atoms with Crippen molar-refractivity contribution in [3.8, 4) is 0 Å². The SMILES string of the molecule is O=P(O)(O)C(Nc1ccccc1)c1cccs1. The maximum atomic E-state index is 11.5. The molecule has 0 spiro atoms. The van der Waals surface area contributed by atoms with Gasteiger partial charge in [-0.1, -0.05) is 24.3 Å². The lowest BCUT2D eigenvalue weighted by atomic mass is 10.3. The van der Waals surface area contributed by atoms with Gasteiger partial charge in [0.25, 0.3) is 0 Å². The summed E-state index contributed by atoms with van der Waals surface area (Å²) in [5.41, 5.74) is 0.689. The summed E-state index contributed by atoms with van der Waals surface area (Å²) in [7, 11) is -4.23. The van der Waals surface area contributed by atoms with Crippen molar-refractivity contribution >= 4 is 24.6 Å². The Bertz CT molecular complexity index is 509. The van der Waals surface area contributed by atoms with E-state index in [2.05, 4.69) is 5.32 Å². The van der Waals surface area contributed by atoms with Gasteiger partial charge in [0.05, 0.1) is 0 Å². The van der Waals surface area contributed by atoms with E-state index in [-0.39, 0.29) is 0 Å². The number of rotatable bonds is 4. The van der Waals surface area contributed by atoms with E-state index >= 15 is 0 Å². The molecule has 1 unspecified atom stereocenters. The van der Waals surface area contributed by atoms with E-state index in [0.29, 0.717) is 10.6 Å². The molecule has 0 amide bonds. The summed E-state index contributed by atoms with van der Waals surface area (Å²) in [5, 5.41) is 4.66. The first-order valence-electron chi connectivity index (χ1n) is 4.97. The quantitative estimate of drug-likeness (QED) is 0.746. The number of thiophene rings is 1. The van der Waals surface area contributed by atoms with E-state index in [1.165, 1.54) is 11.3 Å². The van der Waals surface area contributed by atoms with Crippen LogP contribution in [-0.2, 0) is 4.57 Å². The summed E-state index contributed by atoms with van der Waals surface area (Å²) >= 11 is 1.32. The molecule has 1 aromatic heterocycles. The van der Waals surface area contributed by atoms with Crippen molar-refractivity contribution in [1.82, 2.24) is 0 Å². The largest absolute Gasteiger partial charge is 0.367 e. The third kappa shape index (κ3) is 3.17. The van der Waals surface area contributed by atoms with Gasteiger partial charge in [-0.2, -0.15) is 0 Å². The summed E-state index contributed by atoms with van der Waals surface area (Å²) in [4.78, 5) is 19.4. The van der Waals surface area contributed by atoms with E-state index in [0.717, 1.165) is 0 Å². The summed E-state index contributed by atoms with van der Waals surface area (Å²) in [6.45, 7) is 0. The predicted molar refractivity (Wildman–Crippen MR) is 69.2 cm³/mol. The van der Waals surface area contributed by atoms with Crippen molar-refractivity contribution in [2.24, 2.45) is 0 Å². The first-order chi connectivity index (χ1) is 8.07. The van der Waals surface area contributed by atoms with E-state index in [1.807, 2.05) is 18.2 Å². The second-order valence-corrected chi connectivity index (χ2v) is 6.19. The smallest absolute Gasteiger partial charge is 0.352 e. The highest BCUT2D eigenvalue weighted by atomic mass is 32.1. The van der Waals surface area contributed by atoms with E-state index in [1.54, 1.807) is 29.6 Å². The Hall–Kier alpha value is -1.13. The highest BCUT2D eigenvalue weighted by Gasteiger charge is 2.31. The molecule has 1 atom stereocenters. The van der Waals surface area contributed by atoms with Crippen LogP contribution in [0.1, 0.15) is 10.7 Å². The van der Waals surface area contributed by atoms with Gasteiger partial charge < -0.3 is 15.1 Å². The normalized spacial score (nSPS) is 13.3. The fraction of sp³-hybridized carbons (Fsp3) is 0.0909. The molecule has 0 saturated heterocycles. The highest BCUT2D eigenvalue weighted by Crippen LogP contribution is 2.52. The topological polar surface area (TPSA) is 69.6 Å². The molecule has 1 heterocycles. The molecule has 1 aromatic carbocycles. The molecular formula is C11H12NO3PS. The summed E-state index contributed by atoms with van der Waals surface area (Å²) in [6.07, 6.45) is 0. The van der Waals surface area contributed by atoms with Gasteiger partial charge in [0, 0.05) is 10.6 Å². The van der Waals surface area contributed by atoms with Gasteiger partial charge in [-0.05, 0) is 23.6 Å². The molecule has 0 saturated carbocycles. The minimum absolute atomic E-state index is 0.627. The van der Waals surface area contributed by atoms with Crippen molar-refractivity contribution in [2.75, 3.05) is 5.32 Å². The summed E-state index contributed by atoms with van der Waals surface area (Å²) in [5.74, 6) is -0.982. The van der Waals surface area contributed by atoms with Crippen molar-refractivity contribution in [1.29, 1.82) is 0 Å². The van der Waals surface area contributed by atoms with Crippen molar-refractivity contribution in [3.05, 3.63) is 52.7 Å². The predicted octanol–water partition coefficient (Wildman–Crippen LogP) is 3.04. The van der Waals surface area contributed by atoms with Crippen LogP contribution in [0.25, 0.3) is 0 Å². The van der Waals surface area contributed by atoms with Crippen LogP contribution in [0.15, 0.2) is 47.8 Å². The Kier molecular flexibility index (Phi) is 3.64. The van der Waals surface area contributed by atoms with E-state index < -0.39 is 13.4 Å². The number of nitrogens with one attached hydrogen (secondary N) is 1. The standard InChI is InChI=1S/C11H12NO3PS/c13-16(14,15)11(10-7-4-8-17-10)12-9-5-2-1-3-6-9/h1-8,11-12H,(H2,13,14,15). The lowest BCUT2D eigenvalue weighted by Crippen LogP contribution is -2.09. The molecule has 0 aliphatic carbocycles. The van der Waals surface area contributed by atoms with Crippen molar-refractivity contribution < 1.29 is 14.4 Å². The van der Waals surface area contributed by atoms with Crippen molar-refractivity contribution in [2.45, 2.75) is 5.78 Å². The van der Waals surface area contributed by atoms with Crippen LogP contribution in [0.3, 0.4) is 0 Å². The molecular weight excluding hydrogens is 257 g/mol. The summed E-state index contributed by atoms with van der Waals surface area (Å²) in [6, 6.07) is 12.5. The zero-order valence-corrected chi connectivity index (χ0v) is 10.6. The third-order valence-corrected chi connectivity index (χ3v) is 4.42. The van der Waals surface area contributed by atoms with Gasteiger partial charge >= 0.3 is 7.60 Å². The monoisotopic (exact) mass is 269 g/mol. The van der Waals surface area contributed by atoms with Crippen LogP contribution in [0, 0.1) is 0 Å². The molecule has 6 heteroatoms. The van der Waals surface area contributed by atoms with Gasteiger partial charge in [-0.3, -0.25) is 4.57 Å². The van der Waals surface area contributed by atoms with Crippen LogP contribution in [0.5, 0.6) is 0 Å². The molecule has 0 aliphatic heterocycles. The van der Waals surface area contributed by atoms with E-state index in [4.69, 9.17) is 0 Å². The van der Waals surface area contributed by atoms with Gasteiger partial charge in [0.2, 0.25) is 0 Å². The molecule has 0 fully saturated rings. The Balaban J connectivity index is 2.27. The molecule has 4 nitrogen and oxygen atoms in total. The number of benzene rings is 1. The van der Waals surface area contributed by atoms with E-state index in [9.17, 15) is 14.4 Å². The average molecular weight is 269 g/mol. The lowest BCUT2D eigenvalue weighted by Gasteiger charge is -2.19. The maximum Gasteiger partial charge on any atom is 0.352 e. The fourth-order valence-electron chi connectivity index (χ4n) is 1.46. The minimum atomic E-state index is -4.23. The van der Waals surface area contributed by atoms with Gasteiger partial charge in [-0.15, -0.1) is 11.3 Å².